The second kappa shape index (κ2) is 3.56. The summed E-state index contributed by atoms with van der Waals surface area (Å²) in [5, 5.41) is 0. The van der Waals surface area contributed by atoms with Crippen molar-refractivity contribution in [2.75, 3.05) is 6.61 Å². The Balaban J connectivity index is 2.55. The van der Waals surface area contributed by atoms with Crippen molar-refractivity contribution < 1.29 is 22.7 Å². The fraction of sp³-hybridized carbons (Fsp3) is 0.300. The van der Waals surface area contributed by atoms with Gasteiger partial charge in [-0.15, -0.1) is 0 Å². The van der Waals surface area contributed by atoms with E-state index in [9.17, 15) is 18.0 Å². The summed E-state index contributed by atoms with van der Waals surface area (Å²) in [6, 6.07) is 1.69. The Morgan fingerprint density at radius 3 is 2.73 bits per heavy atom. The number of alkyl halides is 2. The molecule has 0 aliphatic carbocycles. The van der Waals surface area contributed by atoms with E-state index in [0.29, 0.717) is 6.07 Å². The average molecular weight is 216 g/mol. The van der Waals surface area contributed by atoms with Gasteiger partial charge in [0.1, 0.15) is 11.6 Å². The largest absolute Gasteiger partial charge is 0.492 e. The zero-order chi connectivity index (χ0) is 11.0. The van der Waals surface area contributed by atoms with Gasteiger partial charge in [0.05, 0.1) is 12.2 Å². The molecule has 0 unspecified atom stereocenters. The predicted molar refractivity (Wildman–Crippen MR) is 45.8 cm³/mol. The molecule has 0 saturated carbocycles. The van der Waals surface area contributed by atoms with Crippen molar-refractivity contribution in [1.82, 2.24) is 0 Å². The van der Waals surface area contributed by atoms with Crippen LogP contribution < -0.4 is 4.74 Å². The molecule has 2 nitrogen and oxygen atoms in total. The lowest BCUT2D eigenvalue weighted by Gasteiger charge is -2.17. The van der Waals surface area contributed by atoms with Gasteiger partial charge in [0.2, 0.25) is 0 Å². The summed E-state index contributed by atoms with van der Waals surface area (Å²) in [5.74, 6) is -1.43. The van der Waals surface area contributed by atoms with E-state index in [2.05, 4.69) is 0 Å². The molecule has 1 heterocycles. The second-order valence-corrected chi connectivity index (χ2v) is 3.20. The Morgan fingerprint density at radius 1 is 1.33 bits per heavy atom. The van der Waals surface area contributed by atoms with E-state index in [1.165, 1.54) is 0 Å². The Kier molecular flexibility index (Phi) is 2.38. The van der Waals surface area contributed by atoms with Crippen LogP contribution in [-0.2, 0) is 0 Å². The molecule has 1 aliphatic rings. The number of ketones is 1. The van der Waals surface area contributed by atoms with Gasteiger partial charge in [0.25, 0.3) is 6.43 Å². The van der Waals surface area contributed by atoms with Crippen molar-refractivity contribution in [2.45, 2.75) is 12.8 Å². The third-order valence-electron chi connectivity index (χ3n) is 2.19. The summed E-state index contributed by atoms with van der Waals surface area (Å²) in [5.41, 5.74) is -0.688. The minimum atomic E-state index is -2.77. The Bertz CT molecular complexity index is 415. The molecule has 0 fully saturated rings. The SMILES string of the molecule is O=C1CCOc2cc(C(F)F)cc(F)c21. The Labute approximate surface area is 83.7 Å². The summed E-state index contributed by atoms with van der Waals surface area (Å²) in [6.45, 7) is 0.109. The lowest BCUT2D eigenvalue weighted by molar-refractivity contribution is 0.0925. The number of halogens is 3. The van der Waals surface area contributed by atoms with Crippen molar-refractivity contribution in [2.24, 2.45) is 0 Å². The molecule has 5 heteroatoms. The van der Waals surface area contributed by atoms with E-state index >= 15 is 0 Å². The Hall–Kier alpha value is -1.52. The maximum absolute atomic E-state index is 13.3. The smallest absolute Gasteiger partial charge is 0.264 e. The molecular weight excluding hydrogens is 209 g/mol. The molecule has 0 atom stereocenters. The predicted octanol–water partition coefficient (Wildman–Crippen LogP) is 2.73. The van der Waals surface area contributed by atoms with Crippen molar-refractivity contribution in [3.05, 3.63) is 29.1 Å². The molecule has 2 rings (SSSR count). The second-order valence-electron chi connectivity index (χ2n) is 3.20. The fourth-order valence-electron chi connectivity index (χ4n) is 1.49. The van der Waals surface area contributed by atoms with Gasteiger partial charge in [0.15, 0.2) is 5.78 Å². The molecule has 15 heavy (non-hydrogen) atoms. The monoisotopic (exact) mass is 216 g/mol. The molecule has 0 aromatic heterocycles. The molecule has 80 valence electrons. The number of Topliss-reactive ketones (excluding diaryl/α,β-unsaturated/α-hetero) is 1. The van der Waals surface area contributed by atoms with E-state index in [1.54, 1.807) is 0 Å². The first-order valence-electron chi connectivity index (χ1n) is 4.37. The van der Waals surface area contributed by atoms with E-state index in [0.717, 1.165) is 6.07 Å². The highest BCUT2D eigenvalue weighted by Gasteiger charge is 2.25. The van der Waals surface area contributed by atoms with Gasteiger partial charge < -0.3 is 4.74 Å². The minimum Gasteiger partial charge on any atom is -0.492 e. The number of ether oxygens (including phenoxy) is 1. The van der Waals surface area contributed by atoms with E-state index < -0.39 is 23.6 Å². The first-order chi connectivity index (χ1) is 7.09. The maximum Gasteiger partial charge on any atom is 0.264 e. The summed E-state index contributed by atoms with van der Waals surface area (Å²) < 4.78 is 42.9. The van der Waals surface area contributed by atoms with Gasteiger partial charge in [-0.2, -0.15) is 0 Å². The van der Waals surface area contributed by atoms with Crippen LogP contribution in [0.4, 0.5) is 13.2 Å². The van der Waals surface area contributed by atoms with Crippen LogP contribution in [0.3, 0.4) is 0 Å². The third-order valence-corrected chi connectivity index (χ3v) is 2.19. The van der Waals surface area contributed by atoms with Crippen molar-refractivity contribution in [3.63, 3.8) is 0 Å². The summed E-state index contributed by atoms with van der Waals surface area (Å²) in [7, 11) is 0. The molecule has 0 bridgehead atoms. The number of benzene rings is 1. The maximum atomic E-state index is 13.3. The molecular formula is C10H7F3O2. The van der Waals surface area contributed by atoms with Crippen LogP contribution in [0.25, 0.3) is 0 Å². The van der Waals surface area contributed by atoms with Crippen molar-refractivity contribution >= 4 is 5.78 Å². The number of fused-ring (bicyclic) bond motifs is 1. The van der Waals surface area contributed by atoms with Crippen LogP contribution >= 0.6 is 0 Å². The summed E-state index contributed by atoms with van der Waals surface area (Å²) in [4.78, 5) is 11.3. The molecule has 0 saturated heterocycles. The quantitative estimate of drug-likeness (QED) is 0.721. The molecule has 1 aromatic rings. The van der Waals surface area contributed by atoms with Gasteiger partial charge in [-0.1, -0.05) is 0 Å². The highest BCUT2D eigenvalue weighted by Crippen LogP contribution is 2.32. The van der Waals surface area contributed by atoms with E-state index in [1.807, 2.05) is 0 Å². The standard InChI is InChI=1S/C10H7F3O2/c11-6-3-5(10(12)13)4-8-9(6)7(14)1-2-15-8/h3-4,10H,1-2H2. The molecule has 0 amide bonds. The summed E-state index contributed by atoms with van der Waals surface area (Å²) in [6.07, 6.45) is -2.69. The number of carbonyl (C=O) groups is 1. The van der Waals surface area contributed by atoms with E-state index in [4.69, 9.17) is 4.74 Å². The number of carbonyl (C=O) groups excluding carboxylic acids is 1. The lowest BCUT2D eigenvalue weighted by Crippen LogP contribution is -2.17. The molecule has 0 spiro atoms. The number of hydrogen-bond acceptors (Lipinski definition) is 2. The van der Waals surface area contributed by atoms with E-state index in [-0.39, 0.29) is 24.3 Å². The van der Waals surface area contributed by atoms with Crippen molar-refractivity contribution in [3.8, 4) is 5.75 Å². The van der Waals surface area contributed by atoms with Crippen LogP contribution in [0, 0.1) is 5.82 Å². The topological polar surface area (TPSA) is 26.3 Å². The number of hydrogen-bond donors (Lipinski definition) is 0. The lowest BCUT2D eigenvalue weighted by atomic mass is 10.0. The normalized spacial score (nSPS) is 15.1. The highest BCUT2D eigenvalue weighted by atomic mass is 19.3. The van der Waals surface area contributed by atoms with Crippen LogP contribution in [0.1, 0.15) is 28.8 Å². The van der Waals surface area contributed by atoms with Gasteiger partial charge >= 0.3 is 0 Å². The first kappa shape index (κ1) is 10.0. The highest BCUT2D eigenvalue weighted by molar-refractivity contribution is 5.99. The first-order valence-corrected chi connectivity index (χ1v) is 4.37. The fourth-order valence-corrected chi connectivity index (χ4v) is 1.49. The van der Waals surface area contributed by atoms with Crippen LogP contribution in [0.5, 0.6) is 5.75 Å². The van der Waals surface area contributed by atoms with Crippen LogP contribution in [0.15, 0.2) is 12.1 Å². The number of rotatable bonds is 1. The third kappa shape index (κ3) is 1.69. The van der Waals surface area contributed by atoms with Gasteiger partial charge in [0, 0.05) is 12.0 Å². The van der Waals surface area contributed by atoms with Gasteiger partial charge in [-0.05, 0) is 12.1 Å². The van der Waals surface area contributed by atoms with Crippen molar-refractivity contribution in [1.29, 1.82) is 0 Å². The minimum absolute atomic E-state index is 0.0813. The van der Waals surface area contributed by atoms with Gasteiger partial charge in [-0.25, -0.2) is 13.2 Å². The summed E-state index contributed by atoms with van der Waals surface area (Å²) >= 11 is 0. The average Bonchev–Trinajstić information content (AvgIpc) is 2.17. The van der Waals surface area contributed by atoms with Crippen LogP contribution in [0.2, 0.25) is 0 Å². The Morgan fingerprint density at radius 2 is 2.07 bits per heavy atom. The molecule has 1 aromatic carbocycles. The molecule has 0 N–H and O–H groups in total. The van der Waals surface area contributed by atoms with Crippen LogP contribution in [-0.4, -0.2) is 12.4 Å². The zero-order valence-corrected chi connectivity index (χ0v) is 7.60. The molecule has 0 radical (unpaired) electrons. The zero-order valence-electron chi connectivity index (χ0n) is 7.60. The molecule has 1 aliphatic heterocycles. The van der Waals surface area contributed by atoms with Gasteiger partial charge in [-0.3, -0.25) is 4.79 Å².